The number of esters is 1. The van der Waals surface area contributed by atoms with Gasteiger partial charge < -0.3 is 9.47 Å². The quantitative estimate of drug-likeness (QED) is 0.283. The molecule has 0 bridgehead atoms. The Bertz CT molecular complexity index is 746. The summed E-state index contributed by atoms with van der Waals surface area (Å²) in [5.41, 5.74) is 1.62. The first-order valence-corrected chi connectivity index (χ1v) is 8.05. The zero-order valence-corrected chi connectivity index (χ0v) is 14.5. The summed E-state index contributed by atoms with van der Waals surface area (Å²) in [6, 6.07) is 5.43. The third-order valence-corrected chi connectivity index (χ3v) is 4.09. The Labute approximate surface area is 147 Å². The van der Waals surface area contributed by atoms with E-state index in [9.17, 15) is 9.59 Å². The molecule has 9 heteroatoms. The van der Waals surface area contributed by atoms with E-state index >= 15 is 0 Å². The van der Waals surface area contributed by atoms with E-state index in [1.54, 1.807) is 13.2 Å². The van der Waals surface area contributed by atoms with Gasteiger partial charge in [0.25, 0.3) is 5.91 Å². The number of carbonyl (C=O) groups excluding carboxylic acids is 2. The number of benzene rings is 1. The lowest BCUT2D eigenvalue weighted by Crippen LogP contribution is -2.19. The molecule has 1 saturated heterocycles. The van der Waals surface area contributed by atoms with Crippen LogP contribution in [-0.2, 0) is 20.2 Å². The highest BCUT2D eigenvalue weighted by atomic mass is 35.5. The van der Waals surface area contributed by atoms with Gasteiger partial charge in [0.05, 0.1) is 31.2 Å². The normalized spacial score (nSPS) is 17.5. The molecule has 0 spiro atoms. The molecule has 1 aliphatic heterocycles. The highest BCUT2D eigenvalue weighted by Gasteiger charge is 2.24. The largest absolute Gasteiger partial charge is 0.496 e. The Morgan fingerprint density at radius 1 is 1.42 bits per heavy atom. The molecule has 0 atom stereocenters. The SMILES string of the molecule is COC(=O)/C=C1/S/C(=N\N=Cc2ccc(OC)c(CCl)c2)NC1=O. The Morgan fingerprint density at radius 3 is 2.88 bits per heavy atom. The number of rotatable bonds is 5. The maximum absolute atomic E-state index is 11.7. The molecule has 0 unspecified atom stereocenters. The summed E-state index contributed by atoms with van der Waals surface area (Å²) in [6.07, 6.45) is 2.62. The van der Waals surface area contributed by atoms with Crippen molar-refractivity contribution in [3.63, 3.8) is 0 Å². The molecule has 1 N–H and O–H groups in total. The van der Waals surface area contributed by atoms with Crippen LogP contribution in [0, 0.1) is 0 Å². The fourth-order valence-corrected chi connectivity index (χ4v) is 2.72. The number of carbonyl (C=O) groups is 2. The van der Waals surface area contributed by atoms with Crippen LogP contribution in [0.25, 0.3) is 0 Å². The fraction of sp³-hybridized carbons (Fsp3) is 0.200. The van der Waals surface area contributed by atoms with Crippen molar-refractivity contribution < 1.29 is 19.1 Å². The van der Waals surface area contributed by atoms with Gasteiger partial charge in [-0.2, -0.15) is 5.10 Å². The van der Waals surface area contributed by atoms with Crippen LogP contribution in [0.5, 0.6) is 5.75 Å². The molecule has 1 aromatic rings. The van der Waals surface area contributed by atoms with Crippen LogP contribution in [0.2, 0.25) is 0 Å². The summed E-state index contributed by atoms with van der Waals surface area (Å²) in [5, 5.41) is 10.6. The second-order valence-corrected chi connectivity index (χ2v) is 5.74. The lowest BCUT2D eigenvalue weighted by molar-refractivity contribution is -0.135. The summed E-state index contributed by atoms with van der Waals surface area (Å²) >= 11 is 6.87. The number of halogens is 1. The van der Waals surface area contributed by atoms with Crippen molar-refractivity contribution in [2.24, 2.45) is 10.2 Å². The average Bonchev–Trinajstić information content (AvgIpc) is 2.94. The van der Waals surface area contributed by atoms with Gasteiger partial charge >= 0.3 is 5.97 Å². The molecule has 1 heterocycles. The molecule has 1 aliphatic rings. The van der Waals surface area contributed by atoms with Gasteiger partial charge in [0.15, 0.2) is 5.17 Å². The van der Waals surface area contributed by atoms with Gasteiger partial charge in [-0.05, 0) is 35.5 Å². The number of amidine groups is 1. The Kier molecular flexibility index (Phi) is 6.39. The minimum atomic E-state index is -0.607. The molecule has 1 aromatic carbocycles. The third kappa shape index (κ3) is 4.59. The van der Waals surface area contributed by atoms with Gasteiger partial charge in [0.2, 0.25) is 0 Å². The summed E-state index contributed by atoms with van der Waals surface area (Å²) in [7, 11) is 2.81. The molecule has 126 valence electrons. The van der Waals surface area contributed by atoms with E-state index in [0.717, 1.165) is 29.0 Å². The van der Waals surface area contributed by atoms with E-state index < -0.39 is 11.9 Å². The molecule has 0 radical (unpaired) electrons. The van der Waals surface area contributed by atoms with E-state index in [4.69, 9.17) is 16.3 Å². The van der Waals surface area contributed by atoms with Crippen molar-refractivity contribution in [3.05, 3.63) is 40.3 Å². The van der Waals surface area contributed by atoms with E-state index in [1.807, 2.05) is 12.1 Å². The first-order valence-electron chi connectivity index (χ1n) is 6.70. The predicted octanol–water partition coefficient (Wildman–Crippen LogP) is 2.04. The van der Waals surface area contributed by atoms with Gasteiger partial charge in [-0.3, -0.25) is 10.1 Å². The predicted molar refractivity (Wildman–Crippen MR) is 93.4 cm³/mol. The minimum absolute atomic E-state index is 0.199. The summed E-state index contributed by atoms with van der Waals surface area (Å²) in [5.74, 6) is -0.0189. The van der Waals surface area contributed by atoms with Gasteiger partial charge in [0, 0.05) is 11.6 Å². The van der Waals surface area contributed by atoms with E-state index in [-0.39, 0.29) is 10.1 Å². The van der Waals surface area contributed by atoms with Crippen LogP contribution >= 0.6 is 23.4 Å². The lowest BCUT2D eigenvalue weighted by atomic mass is 10.1. The second kappa shape index (κ2) is 8.51. The van der Waals surface area contributed by atoms with Crippen LogP contribution in [0.4, 0.5) is 0 Å². The Hall–Kier alpha value is -2.32. The number of methoxy groups -OCH3 is 2. The molecule has 0 saturated carbocycles. The average molecular weight is 368 g/mol. The maximum atomic E-state index is 11.7. The minimum Gasteiger partial charge on any atom is -0.496 e. The van der Waals surface area contributed by atoms with E-state index in [0.29, 0.717) is 11.6 Å². The van der Waals surface area contributed by atoms with Gasteiger partial charge in [-0.1, -0.05) is 0 Å². The molecule has 1 fully saturated rings. The number of thioether (sulfide) groups is 1. The van der Waals surface area contributed by atoms with E-state index in [2.05, 4.69) is 20.3 Å². The Morgan fingerprint density at radius 2 is 2.21 bits per heavy atom. The molecule has 1 amide bonds. The van der Waals surface area contributed by atoms with Gasteiger partial charge in [-0.25, -0.2) is 4.79 Å². The van der Waals surface area contributed by atoms with Gasteiger partial charge in [0.1, 0.15) is 5.75 Å². The number of nitrogens with one attached hydrogen (secondary N) is 1. The van der Waals surface area contributed by atoms with Crippen LogP contribution in [0.3, 0.4) is 0 Å². The van der Waals surface area contributed by atoms with Crippen LogP contribution in [-0.4, -0.2) is 37.5 Å². The number of hydrogen-bond acceptors (Lipinski definition) is 7. The lowest BCUT2D eigenvalue weighted by Gasteiger charge is -2.05. The highest BCUT2D eigenvalue weighted by molar-refractivity contribution is 8.18. The van der Waals surface area contributed by atoms with Crippen molar-refractivity contribution in [1.29, 1.82) is 0 Å². The molecular formula is C15H14ClN3O4S. The topological polar surface area (TPSA) is 89.3 Å². The number of amides is 1. The second-order valence-electron chi connectivity index (χ2n) is 4.44. The Balaban J connectivity index is 2.08. The molecule has 0 aromatic heterocycles. The first-order chi connectivity index (χ1) is 11.6. The standard InChI is InChI=1S/C15H14ClN3O4S/c1-22-11-4-3-9(5-10(11)7-16)8-17-19-15-18-14(21)12(24-15)6-13(20)23-2/h3-6,8H,7H2,1-2H3,(H,18,19,21)/b12-6+,17-8?. The van der Waals surface area contributed by atoms with Crippen molar-refractivity contribution in [2.75, 3.05) is 14.2 Å². The first kappa shape index (κ1) is 18.0. The molecule has 0 aliphatic carbocycles. The zero-order chi connectivity index (χ0) is 17.5. The number of hydrogen-bond donors (Lipinski definition) is 1. The monoisotopic (exact) mass is 367 g/mol. The molecule has 7 nitrogen and oxygen atoms in total. The number of alkyl halides is 1. The third-order valence-electron chi connectivity index (χ3n) is 2.90. The number of ether oxygens (including phenoxy) is 2. The van der Waals surface area contributed by atoms with Crippen LogP contribution < -0.4 is 10.1 Å². The molecule has 24 heavy (non-hydrogen) atoms. The van der Waals surface area contributed by atoms with Crippen LogP contribution in [0.1, 0.15) is 11.1 Å². The summed E-state index contributed by atoms with van der Waals surface area (Å²) < 4.78 is 9.67. The smallest absolute Gasteiger partial charge is 0.331 e. The van der Waals surface area contributed by atoms with Crippen molar-refractivity contribution in [2.45, 2.75) is 5.88 Å². The molecule has 2 rings (SSSR count). The zero-order valence-electron chi connectivity index (χ0n) is 12.9. The van der Waals surface area contributed by atoms with Crippen molar-refractivity contribution >= 4 is 46.6 Å². The van der Waals surface area contributed by atoms with Gasteiger partial charge in [-0.15, -0.1) is 16.7 Å². The highest BCUT2D eigenvalue weighted by Crippen LogP contribution is 2.24. The molecular weight excluding hydrogens is 354 g/mol. The maximum Gasteiger partial charge on any atom is 0.331 e. The van der Waals surface area contributed by atoms with Crippen LogP contribution in [0.15, 0.2) is 39.4 Å². The van der Waals surface area contributed by atoms with Crippen molar-refractivity contribution in [3.8, 4) is 5.75 Å². The fourth-order valence-electron chi connectivity index (χ4n) is 1.77. The summed E-state index contributed by atoms with van der Waals surface area (Å²) in [6.45, 7) is 0. The van der Waals surface area contributed by atoms with Crippen molar-refractivity contribution in [1.82, 2.24) is 5.32 Å². The summed E-state index contributed by atoms with van der Waals surface area (Å²) in [4.78, 5) is 23.0. The van der Waals surface area contributed by atoms with E-state index in [1.165, 1.54) is 13.3 Å². The number of nitrogens with zero attached hydrogens (tertiary/aromatic N) is 2.